The van der Waals surface area contributed by atoms with Crippen LogP contribution >= 0.6 is 0 Å². The molecule has 2 aliphatic heterocycles. The molecule has 0 aromatic heterocycles. The SMILES string of the molecule is CN1CCN(C(=O)C2CNC2)CC1.CS(=O)(=O)c1ccc2c(c1)C(=O)c1ccccc1C2=O. The molecule has 174 valence electrons. The van der Waals surface area contributed by atoms with Crippen molar-refractivity contribution in [2.24, 2.45) is 5.92 Å². The maximum Gasteiger partial charge on any atom is 0.228 e. The van der Waals surface area contributed by atoms with Crippen molar-refractivity contribution in [1.29, 1.82) is 0 Å². The van der Waals surface area contributed by atoms with Gasteiger partial charge < -0.3 is 15.1 Å². The molecule has 0 spiro atoms. The molecule has 0 radical (unpaired) electrons. The minimum atomic E-state index is -3.42. The van der Waals surface area contributed by atoms with Gasteiger partial charge in [0.05, 0.1) is 10.8 Å². The molecule has 0 unspecified atom stereocenters. The molecule has 8 nitrogen and oxygen atoms in total. The van der Waals surface area contributed by atoms with E-state index in [2.05, 4.69) is 17.3 Å². The van der Waals surface area contributed by atoms with Gasteiger partial charge in [-0.15, -0.1) is 0 Å². The Bertz CT molecular complexity index is 1210. The Morgan fingerprint density at radius 3 is 1.94 bits per heavy atom. The zero-order valence-electron chi connectivity index (χ0n) is 18.7. The van der Waals surface area contributed by atoms with E-state index in [9.17, 15) is 22.8 Å². The fraction of sp³-hybridized carbons (Fsp3) is 0.375. The van der Waals surface area contributed by atoms with E-state index < -0.39 is 9.84 Å². The smallest absolute Gasteiger partial charge is 0.228 e. The Labute approximate surface area is 193 Å². The summed E-state index contributed by atoms with van der Waals surface area (Å²) in [4.78, 5) is 40.8. The second-order valence-corrected chi connectivity index (χ2v) is 10.7. The van der Waals surface area contributed by atoms with Crippen molar-refractivity contribution >= 4 is 27.3 Å². The van der Waals surface area contributed by atoms with Crippen molar-refractivity contribution in [2.45, 2.75) is 4.90 Å². The molecule has 9 heteroatoms. The number of likely N-dealkylation sites (N-methyl/N-ethyl adjacent to an activating group) is 1. The number of ketones is 2. The molecule has 2 fully saturated rings. The largest absolute Gasteiger partial charge is 0.340 e. The molecular weight excluding hydrogens is 442 g/mol. The van der Waals surface area contributed by atoms with Crippen LogP contribution in [-0.4, -0.2) is 88.3 Å². The predicted octanol–water partition coefficient (Wildman–Crippen LogP) is 0.845. The first-order chi connectivity index (χ1) is 15.7. The van der Waals surface area contributed by atoms with Crippen molar-refractivity contribution in [2.75, 3.05) is 52.6 Å². The molecule has 1 amide bonds. The topological polar surface area (TPSA) is 104 Å². The summed E-state index contributed by atoms with van der Waals surface area (Å²) in [7, 11) is -1.31. The number of hydrogen-bond donors (Lipinski definition) is 1. The second-order valence-electron chi connectivity index (χ2n) is 8.67. The minimum absolute atomic E-state index is 0.0387. The van der Waals surface area contributed by atoms with E-state index in [-0.39, 0.29) is 33.5 Å². The van der Waals surface area contributed by atoms with Crippen LogP contribution in [0.25, 0.3) is 0 Å². The first-order valence-corrected chi connectivity index (χ1v) is 12.8. The predicted molar refractivity (Wildman–Crippen MR) is 123 cm³/mol. The summed E-state index contributed by atoms with van der Waals surface area (Å²) in [5, 5.41) is 3.13. The van der Waals surface area contributed by atoms with Crippen LogP contribution < -0.4 is 5.32 Å². The van der Waals surface area contributed by atoms with Crippen molar-refractivity contribution in [3.05, 3.63) is 64.7 Å². The van der Waals surface area contributed by atoms with Gasteiger partial charge in [-0.3, -0.25) is 14.4 Å². The molecular formula is C24H27N3O5S. The Balaban J connectivity index is 0.000000172. The Hall–Kier alpha value is -2.88. The number of fused-ring (bicyclic) bond motifs is 2. The molecule has 2 aromatic rings. The van der Waals surface area contributed by atoms with Gasteiger partial charge in [-0.2, -0.15) is 0 Å². The molecule has 0 saturated carbocycles. The van der Waals surface area contributed by atoms with Gasteiger partial charge in [0.1, 0.15) is 0 Å². The number of sulfone groups is 1. The van der Waals surface area contributed by atoms with Gasteiger partial charge in [0.15, 0.2) is 21.4 Å². The maximum absolute atomic E-state index is 12.4. The van der Waals surface area contributed by atoms with Crippen molar-refractivity contribution in [3.8, 4) is 0 Å². The number of nitrogens with zero attached hydrogens (tertiary/aromatic N) is 2. The summed E-state index contributed by atoms with van der Waals surface area (Å²) in [6.45, 7) is 5.62. The number of carbonyl (C=O) groups is 3. The average Bonchev–Trinajstić information content (AvgIpc) is 2.76. The van der Waals surface area contributed by atoms with Gasteiger partial charge >= 0.3 is 0 Å². The van der Waals surface area contributed by atoms with Crippen LogP contribution in [0.4, 0.5) is 0 Å². The quantitative estimate of drug-likeness (QED) is 0.593. The highest BCUT2D eigenvalue weighted by Gasteiger charge is 2.31. The van der Waals surface area contributed by atoms with Crippen LogP contribution in [0.1, 0.15) is 31.8 Å². The van der Waals surface area contributed by atoms with Crippen molar-refractivity contribution in [3.63, 3.8) is 0 Å². The summed E-state index contributed by atoms with van der Waals surface area (Å²) in [5.41, 5.74) is 1.07. The van der Waals surface area contributed by atoms with E-state index in [0.717, 1.165) is 45.5 Å². The molecule has 1 aliphatic carbocycles. The highest BCUT2D eigenvalue weighted by molar-refractivity contribution is 7.90. The number of amides is 1. The third-order valence-corrected chi connectivity index (χ3v) is 7.38. The van der Waals surface area contributed by atoms with Gasteiger partial charge in [-0.1, -0.05) is 24.3 Å². The minimum Gasteiger partial charge on any atom is -0.340 e. The zero-order chi connectivity index (χ0) is 23.8. The molecule has 1 N–H and O–H groups in total. The van der Waals surface area contributed by atoms with Gasteiger partial charge in [0.25, 0.3) is 0 Å². The van der Waals surface area contributed by atoms with E-state index in [1.807, 2.05) is 4.90 Å². The lowest BCUT2D eigenvalue weighted by atomic mass is 9.84. The molecule has 33 heavy (non-hydrogen) atoms. The molecule has 0 bridgehead atoms. The number of nitrogens with one attached hydrogen (secondary N) is 1. The summed E-state index contributed by atoms with van der Waals surface area (Å²) < 4.78 is 23.1. The van der Waals surface area contributed by atoms with Crippen molar-refractivity contribution in [1.82, 2.24) is 15.1 Å². The Morgan fingerprint density at radius 1 is 0.879 bits per heavy atom. The monoisotopic (exact) mass is 469 g/mol. The summed E-state index contributed by atoms with van der Waals surface area (Å²) in [6.07, 6.45) is 1.07. The first kappa shape index (κ1) is 23.3. The first-order valence-electron chi connectivity index (χ1n) is 10.9. The molecule has 2 aromatic carbocycles. The van der Waals surface area contributed by atoms with E-state index in [1.54, 1.807) is 24.3 Å². The lowest BCUT2D eigenvalue weighted by Crippen LogP contribution is -2.56. The summed E-state index contributed by atoms with van der Waals surface area (Å²) in [6, 6.07) is 10.6. The number of hydrogen-bond acceptors (Lipinski definition) is 7. The van der Waals surface area contributed by atoms with Gasteiger partial charge in [0.2, 0.25) is 5.91 Å². The maximum atomic E-state index is 12.4. The van der Waals surface area contributed by atoms with Crippen LogP contribution in [0.5, 0.6) is 0 Å². The summed E-state index contributed by atoms with van der Waals surface area (Å²) >= 11 is 0. The molecule has 5 rings (SSSR count). The molecule has 2 saturated heterocycles. The van der Waals surface area contributed by atoms with Crippen LogP contribution in [-0.2, 0) is 14.6 Å². The normalized spacial score (nSPS) is 18.5. The Morgan fingerprint density at radius 2 is 1.42 bits per heavy atom. The fourth-order valence-electron chi connectivity index (χ4n) is 4.06. The third kappa shape index (κ3) is 4.75. The average molecular weight is 470 g/mol. The van der Waals surface area contributed by atoms with Crippen LogP contribution in [0.3, 0.4) is 0 Å². The second kappa shape index (κ2) is 9.17. The lowest BCUT2D eigenvalue weighted by Gasteiger charge is -2.37. The standard InChI is InChI=1S/C15H10O4S.C9H17N3O/c1-20(18,19)9-6-7-12-13(8-9)15(17)11-5-3-2-4-10(11)14(12)16;1-11-2-4-12(5-3-11)9(13)8-6-10-7-8/h2-8H,1H3;8,10H,2-7H2,1H3. The van der Waals surface area contributed by atoms with Gasteiger partial charge in [0, 0.05) is 67.8 Å². The molecule has 3 aliphatic rings. The number of piperazine rings is 1. The van der Waals surface area contributed by atoms with E-state index in [4.69, 9.17) is 0 Å². The van der Waals surface area contributed by atoms with E-state index in [0.29, 0.717) is 17.0 Å². The summed E-state index contributed by atoms with van der Waals surface area (Å²) in [5.74, 6) is 0.0474. The van der Waals surface area contributed by atoms with Gasteiger partial charge in [-0.05, 0) is 25.2 Å². The van der Waals surface area contributed by atoms with Crippen LogP contribution in [0.2, 0.25) is 0 Å². The van der Waals surface area contributed by atoms with Crippen LogP contribution in [0, 0.1) is 5.92 Å². The number of carbonyl (C=O) groups excluding carboxylic acids is 3. The highest BCUT2D eigenvalue weighted by Crippen LogP contribution is 2.28. The lowest BCUT2D eigenvalue weighted by molar-refractivity contribution is -0.138. The fourth-order valence-corrected chi connectivity index (χ4v) is 4.70. The van der Waals surface area contributed by atoms with E-state index >= 15 is 0 Å². The third-order valence-electron chi connectivity index (χ3n) is 6.27. The molecule has 0 atom stereocenters. The highest BCUT2D eigenvalue weighted by atomic mass is 32.2. The Kier molecular flexibility index (Phi) is 6.47. The number of rotatable bonds is 2. The van der Waals surface area contributed by atoms with E-state index in [1.165, 1.54) is 18.2 Å². The van der Waals surface area contributed by atoms with Crippen molar-refractivity contribution < 1.29 is 22.8 Å². The molecule has 2 heterocycles. The van der Waals surface area contributed by atoms with Gasteiger partial charge in [-0.25, -0.2) is 8.42 Å². The number of benzene rings is 2. The van der Waals surface area contributed by atoms with Crippen LogP contribution in [0.15, 0.2) is 47.4 Å². The zero-order valence-corrected chi connectivity index (χ0v) is 19.5.